The van der Waals surface area contributed by atoms with Gasteiger partial charge >= 0.3 is 0 Å². The van der Waals surface area contributed by atoms with Gasteiger partial charge in [-0.15, -0.1) is 0 Å². The first-order valence-corrected chi connectivity index (χ1v) is 10.8. The Labute approximate surface area is 189 Å². The molecule has 4 aromatic rings. The number of pyridine rings is 1. The van der Waals surface area contributed by atoms with E-state index >= 15 is 0 Å². The third-order valence-electron chi connectivity index (χ3n) is 4.70. The fourth-order valence-electron chi connectivity index (χ4n) is 3.42. The van der Waals surface area contributed by atoms with Crippen LogP contribution in [0.1, 0.15) is 11.3 Å². The average Bonchev–Trinajstić information content (AvgIpc) is 3.00. The lowest BCUT2D eigenvalue weighted by atomic mass is 10.0. The SMILES string of the molecule is Cc1cccc(-c2ccnc3c2c(C)nn3CC(=O)Nc2c(Br)cc(F)cc2Br)c1. The Morgan fingerprint density at radius 2 is 1.87 bits per heavy atom. The molecule has 5 nitrogen and oxygen atoms in total. The molecule has 2 aromatic carbocycles. The molecule has 2 aromatic heterocycles. The van der Waals surface area contributed by atoms with E-state index in [-0.39, 0.29) is 12.5 Å². The number of carbonyl (C=O) groups is 1. The molecule has 0 saturated carbocycles. The zero-order valence-electron chi connectivity index (χ0n) is 16.2. The van der Waals surface area contributed by atoms with Crippen LogP contribution in [-0.4, -0.2) is 20.7 Å². The van der Waals surface area contributed by atoms with E-state index in [2.05, 4.69) is 59.4 Å². The highest BCUT2D eigenvalue weighted by Crippen LogP contribution is 2.33. The molecule has 0 aliphatic carbocycles. The summed E-state index contributed by atoms with van der Waals surface area (Å²) in [5.74, 6) is -0.705. The second-order valence-corrected chi connectivity index (χ2v) is 8.67. The van der Waals surface area contributed by atoms with Crippen molar-refractivity contribution in [2.75, 3.05) is 5.32 Å². The van der Waals surface area contributed by atoms with Crippen LogP contribution in [0.25, 0.3) is 22.2 Å². The van der Waals surface area contributed by atoms with Gasteiger partial charge in [-0.3, -0.25) is 4.79 Å². The molecule has 2 heterocycles. The summed E-state index contributed by atoms with van der Waals surface area (Å²) < 4.78 is 16.0. The number of halogens is 3. The van der Waals surface area contributed by atoms with Crippen LogP contribution in [0.3, 0.4) is 0 Å². The number of aromatic nitrogens is 3. The third-order valence-corrected chi connectivity index (χ3v) is 5.95. The Kier molecular flexibility index (Phi) is 5.71. The fraction of sp³-hybridized carbons (Fsp3) is 0.136. The summed E-state index contributed by atoms with van der Waals surface area (Å²) in [4.78, 5) is 17.2. The van der Waals surface area contributed by atoms with Crippen molar-refractivity contribution in [2.24, 2.45) is 0 Å². The monoisotopic (exact) mass is 530 g/mol. The number of fused-ring (bicyclic) bond motifs is 1. The molecule has 1 N–H and O–H groups in total. The van der Waals surface area contributed by atoms with E-state index in [1.807, 2.05) is 32.0 Å². The molecule has 0 saturated heterocycles. The summed E-state index contributed by atoms with van der Waals surface area (Å²) in [7, 11) is 0. The minimum atomic E-state index is -0.409. The second-order valence-electron chi connectivity index (χ2n) is 6.96. The zero-order chi connectivity index (χ0) is 21.4. The molecule has 0 unspecified atom stereocenters. The second kappa shape index (κ2) is 8.28. The van der Waals surface area contributed by atoms with Crippen molar-refractivity contribution in [3.8, 4) is 11.1 Å². The largest absolute Gasteiger partial charge is 0.323 e. The van der Waals surface area contributed by atoms with Crippen LogP contribution < -0.4 is 5.32 Å². The predicted octanol–water partition coefficient (Wildman–Crippen LogP) is 6.02. The first-order chi connectivity index (χ1) is 14.3. The minimum Gasteiger partial charge on any atom is -0.323 e. The number of aryl methyl sites for hydroxylation is 2. The Hall–Kier alpha value is -2.58. The molecule has 0 radical (unpaired) electrons. The quantitative estimate of drug-likeness (QED) is 0.350. The Morgan fingerprint density at radius 3 is 2.57 bits per heavy atom. The van der Waals surface area contributed by atoms with Crippen LogP contribution in [-0.2, 0) is 11.3 Å². The Morgan fingerprint density at radius 1 is 1.13 bits per heavy atom. The maximum absolute atomic E-state index is 13.5. The summed E-state index contributed by atoms with van der Waals surface area (Å²) in [5, 5.41) is 8.26. The summed E-state index contributed by atoms with van der Waals surface area (Å²) in [5.41, 5.74) is 5.16. The standard InChI is InChI=1S/C22H17Br2FN4O/c1-12-4-3-5-14(8-12)16-6-7-26-22-20(16)13(2)28-29(22)11-19(30)27-21-17(23)9-15(25)10-18(21)24/h3-10H,11H2,1-2H3,(H,27,30). The number of hydrogen-bond donors (Lipinski definition) is 1. The van der Waals surface area contributed by atoms with Crippen LogP contribution in [0.15, 0.2) is 57.6 Å². The van der Waals surface area contributed by atoms with Crippen LogP contribution in [0.4, 0.5) is 10.1 Å². The van der Waals surface area contributed by atoms with Crippen LogP contribution in [0, 0.1) is 19.7 Å². The lowest BCUT2D eigenvalue weighted by molar-refractivity contribution is -0.116. The van der Waals surface area contributed by atoms with Crippen molar-refractivity contribution in [3.05, 3.63) is 74.7 Å². The Bertz CT molecular complexity index is 1260. The highest BCUT2D eigenvalue weighted by atomic mass is 79.9. The first kappa shape index (κ1) is 20.7. The number of rotatable bonds is 4. The van der Waals surface area contributed by atoms with Crippen LogP contribution in [0.2, 0.25) is 0 Å². The minimum absolute atomic E-state index is 0.0229. The van der Waals surface area contributed by atoms with E-state index in [9.17, 15) is 9.18 Å². The van der Waals surface area contributed by atoms with E-state index in [1.54, 1.807) is 10.9 Å². The van der Waals surface area contributed by atoms with Crippen molar-refractivity contribution >= 4 is 54.5 Å². The fourth-order valence-corrected chi connectivity index (χ4v) is 4.75. The van der Waals surface area contributed by atoms with Crippen LogP contribution >= 0.6 is 31.9 Å². The molecule has 0 aliphatic heterocycles. The summed E-state index contributed by atoms with van der Waals surface area (Å²) in [6.45, 7) is 3.93. The normalized spacial score (nSPS) is 11.1. The molecular formula is C22H17Br2FN4O. The smallest absolute Gasteiger partial charge is 0.246 e. The zero-order valence-corrected chi connectivity index (χ0v) is 19.4. The lowest BCUT2D eigenvalue weighted by Gasteiger charge is -2.10. The topological polar surface area (TPSA) is 59.8 Å². The molecule has 30 heavy (non-hydrogen) atoms. The summed E-state index contributed by atoms with van der Waals surface area (Å²) >= 11 is 6.55. The van der Waals surface area contributed by atoms with E-state index < -0.39 is 5.82 Å². The van der Waals surface area contributed by atoms with E-state index in [1.165, 1.54) is 12.1 Å². The summed E-state index contributed by atoms with van der Waals surface area (Å²) in [6, 6.07) is 12.8. The van der Waals surface area contributed by atoms with Gasteiger partial charge in [0.25, 0.3) is 0 Å². The highest BCUT2D eigenvalue weighted by molar-refractivity contribution is 9.11. The number of anilines is 1. The molecule has 0 fully saturated rings. The van der Waals surface area contributed by atoms with E-state index in [0.29, 0.717) is 20.3 Å². The van der Waals surface area contributed by atoms with Gasteiger partial charge in [0.05, 0.1) is 11.4 Å². The maximum Gasteiger partial charge on any atom is 0.246 e. The molecule has 0 aliphatic rings. The van der Waals surface area contributed by atoms with Crippen molar-refractivity contribution in [1.82, 2.24) is 14.8 Å². The van der Waals surface area contributed by atoms with Crippen molar-refractivity contribution < 1.29 is 9.18 Å². The molecule has 0 spiro atoms. The maximum atomic E-state index is 13.5. The number of nitrogens with one attached hydrogen (secondary N) is 1. The first-order valence-electron chi connectivity index (χ1n) is 9.17. The average molecular weight is 532 g/mol. The lowest BCUT2D eigenvalue weighted by Crippen LogP contribution is -2.20. The number of nitrogens with zero attached hydrogens (tertiary/aromatic N) is 3. The molecular weight excluding hydrogens is 515 g/mol. The van der Waals surface area contributed by atoms with Crippen molar-refractivity contribution in [1.29, 1.82) is 0 Å². The molecule has 8 heteroatoms. The van der Waals surface area contributed by atoms with Gasteiger partial charge in [0.15, 0.2) is 5.65 Å². The van der Waals surface area contributed by atoms with Crippen molar-refractivity contribution in [3.63, 3.8) is 0 Å². The molecule has 4 rings (SSSR count). The van der Waals surface area contributed by atoms with Gasteiger partial charge in [-0.2, -0.15) is 5.10 Å². The number of hydrogen-bond acceptors (Lipinski definition) is 3. The molecule has 1 amide bonds. The highest BCUT2D eigenvalue weighted by Gasteiger charge is 2.17. The molecule has 0 atom stereocenters. The van der Waals surface area contributed by atoms with Crippen molar-refractivity contribution in [2.45, 2.75) is 20.4 Å². The van der Waals surface area contributed by atoms with Gasteiger partial charge in [0, 0.05) is 20.5 Å². The van der Waals surface area contributed by atoms with Crippen LogP contribution in [0.5, 0.6) is 0 Å². The van der Waals surface area contributed by atoms with E-state index in [4.69, 9.17) is 0 Å². The van der Waals surface area contributed by atoms with Gasteiger partial charge in [0.1, 0.15) is 12.4 Å². The van der Waals surface area contributed by atoms with E-state index in [0.717, 1.165) is 27.8 Å². The molecule has 0 bridgehead atoms. The third kappa shape index (κ3) is 4.02. The van der Waals surface area contributed by atoms with Gasteiger partial charge in [-0.25, -0.2) is 14.1 Å². The Balaban J connectivity index is 1.68. The predicted molar refractivity (Wildman–Crippen MR) is 123 cm³/mol. The molecule has 152 valence electrons. The van der Waals surface area contributed by atoms with Gasteiger partial charge in [-0.05, 0) is 75.0 Å². The van der Waals surface area contributed by atoms with Gasteiger partial charge < -0.3 is 5.32 Å². The number of benzene rings is 2. The number of carbonyl (C=O) groups excluding carboxylic acids is 1. The van der Waals surface area contributed by atoms with Gasteiger partial charge in [-0.1, -0.05) is 29.8 Å². The summed E-state index contributed by atoms with van der Waals surface area (Å²) in [6.07, 6.45) is 1.72. The van der Waals surface area contributed by atoms with Gasteiger partial charge in [0.2, 0.25) is 5.91 Å². The number of amides is 1.